The number of Topliss-reactive ketones (excluding diaryl/α,β-unsaturated/α-hetero) is 1. The summed E-state index contributed by atoms with van der Waals surface area (Å²) in [5.74, 6) is -0.307. The van der Waals surface area contributed by atoms with Gasteiger partial charge in [0, 0.05) is 32.1 Å². The van der Waals surface area contributed by atoms with Crippen LogP contribution in [0.1, 0.15) is 84.5 Å². The van der Waals surface area contributed by atoms with Gasteiger partial charge < -0.3 is 14.6 Å². The van der Waals surface area contributed by atoms with Gasteiger partial charge in [-0.15, -0.1) is 0 Å². The number of aliphatic carboxylic acids is 1. The maximum Gasteiger partial charge on any atom is 0.305 e. The van der Waals surface area contributed by atoms with E-state index in [1.165, 1.54) is 6.42 Å². The van der Waals surface area contributed by atoms with Crippen molar-refractivity contribution in [2.24, 2.45) is 0 Å². The molecule has 1 heterocycles. The number of carbonyl (C=O) groups is 4. The lowest BCUT2D eigenvalue weighted by Crippen LogP contribution is -2.02. The maximum absolute atomic E-state index is 10.5. The molecule has 0 unspecified atom stereocenters. The summed E-state index contributed by atoms with van der Waals surface area (Å²) in [6, 6.07) is 0. The molecule has 1 saturated carbocycles. The van der Waals surface area contributed by atoms with E-state index in [-0.39, 0.29) is 12.4 Å². The summed E-state index contributed by atoms with van der Waals surface area (Å²) in [5.41, 5.74) is 0. The highest BCUT2D eigenvalue weighted by molar-refractivity contribution is 5.78. The molecule has 0 aromatic rings. The largest absolute Gasteiger partial charge is 0.481 e. The number of hydrogen-bond acceptors (Lipinski definition) is 5. The molecule has 0 aromatic carbocycles. The summed E-state index contributed by atoms with van der Waals surface area (Å²) in [7, 11) is 0. The fourth-order valence-corrected chi connectivity index (χ4v) is 1.75. The smallest absolute Gasteiger partial charge is 0.305 e. The first-order valence-electron chi connectivity index (χ1n) is 8.80. The Morgan fingerprint density at radius 3 is 1.83 bits per heavy atom. The van der Waals surface area contributed by atoms with Crippen molar-refractivity contribution in [3.63, 3.8) is 0 Å². The van der Waals surface area contributed by atoms with Crippen molar-refractivity contribution in [3.05, 3.63) is 0 Å². The number of ether oxygens (including phenoxy) is 1. The molecule has 6 heteroatoms. The van der Waals surface area contributed by atoms with Crippen LogP contribution in [0.4, 0.5) is 0 Å². The lowest BCUT2D eigenvalue weighted by atomic mass is 10.00. The van der Waals surface area contributed by atoms with E-state index >= 15 is 0 Å². The average molecular weight is 344 g/mol. The van der Waals surface area contributed by atoms with Crippen molar-refractivity contribution in [3.8, 4) is 0 Å². The fourth-order valence-electron chi connectivity index (χ4n) is 1.75. The number of aldehydes is 1. The van der Waals surface area contributed by atoms with E-state index in [4.69, 9.17) is 9.84 Å². The second-order valence-corrected chi connectivity index (χ2v) is 5.45. The predicted molar refractivity (Wildman–Crippen MR) is 91.8 cm³/mol. The molecule has 2 aliphatic rings. The van der Waals surface area contributed by atoms with Crippen molar-refractivity contribution in [2.75, 3.05) is 6.61 Å². The molecule has 1 aliphatic carbocycles. The molecule has 2 rings (SSSR count). The molecular weight excluding hydrogens is 312 g/mol. The molecule has 2 fully saturated rings. The van der Waals surface area contributed by atoms with Crippen molar-refractivity contribution in [2.45, 2.75) is 84.5 Å². The molecule has 1 aliphatic heterocycles. The van der Waals surface area contributed by atoms with Crippen LogP contribution in [0.2, 0.25) is 0 Å². The fraction of sp³-hybridized carbons (Fsp3) is 0.778. The Balaban J connectivity index is 0. The van der Waals surface area contributed by atoms with Crippen molar-refractivity contribution in [1.29, 1.82) is 0 Å². The maximum atomic E-state index is 10.5. The van der Waals surface area contributed by atoms with Crippen LogP contribution in [0, 0.1) is 0 Å². The standard InChI is InChI=1S/C6H10O2.C6H10O.C3H6O2.C3H6O/c7-6-4-2-1-3-5-8-6;7-6-4-2-1-3-5-6;1-2-3(4)5;1-2-3-4/h1-5H2;1-5H2;2H2,1H3,(H,4,5);3H,2H2,1H3. The predicted octanol–water partition coefficient (Wildman–Crippen LogP) is 3.70. The topological polar surface area (TPSA) is 97.7 Å². The van der Waals surface area contributed by atoms with Gasteiger partial charge in [-0.2, -0.15) is 0 Å². The number of carboxylic acid groups (broad SMARTS) is 1. The Bertz CT molecular complexity index is 333. The molecule has 24 heavy (non-hydrogen) atoms. The van der Waals surface area contributed by atoms with Gasteiger partial charge in [0.15, 0.2) is 0 Å². The van der Waals surface area contributed by atoms with Crippen LogP contribution in [-0.2, 0) is 23.9 Å². The molecule has 0 radical (unpaired) electrons. The Kier molecular flexibility index (Phi) is 19.8. The molecule has 0 amide bonds. The zero-order valence-corrected chi connectivity index (χ0v) is 15.1. The summed E-state index contributed by atoms with van der Waals surface area (Å²) >= 11 is 0. The Labute approximate surface area is 145 Å². The molecule has 0 atom stereocenters. The quantitative estimate of drug-likeness (QED) is 0.606. The summed E-state index contributed by atoms with van der Waals surface area (Å²) in [6.45, 7) is 4.05. The van der Waals surface area contributed by atoms with Gasteiger partial charge in [0.1, 0.15) is 12.1 Å². The Hall–Kier alpha value is -1.72. The molecule has 6 nitrogen and oxygen atoms in total. The van der Waals surface area contributed by atoms with Crippen molar-refractivity contribution in [1.82, 2.24) is 0 Å². The number of ketones is 1. The normalized spacial score (nSPS) is 16.4. The van der Waals surface area contributed by atoms with Crippen LogP contribution < -0.4 is 0 Å². The SMILES string of the molecule is CCC(=O)O.CCC=O.O=C1CCCCC1.O=C1CCCCCO1. The Morgan fingerprint density at radius 2 is 1.46 bits per heavy atom. The lowest BCUT2D eigenvalue weighted by molar-refractivity contribution is -0.142. The first-order chi connectivity index (χ1) is 11.5. The zero-order chi connectivity index (χ0) is 18.6. The third-order valence-electron chi connectivity index (χ3n) is 3.17. The van der Waals surface area contributed by atoms with Crippen LogP contribution >= 0.6 is 0 Å². The van der Waals surface area contributed by atoms with E-state index in [1.807, 2.05) is 6.92 Å². The number of hydrogen-bond donors (Lipinski definition) is 1. The molecule has 0 bridgehead atoms. The van der Waals surface area contributed by atoms with Gasteiger partial charge >= 0.3 is 11.9 Å². The summed E-state index contributed by atoms with van der Waals surface area (Å²) in [4.78, 5) is 39.5. The molecule has 1 N–H and O–H groups in total. The van der Waals surface area contributed by atoms with Gasteiger partial charge in [-0.3, -0.25) is 14.4 Å². The minimum atomic E-state index is -0.745. The van der Waals surface area contributed by atoms with Crippen LogP contribution in [-0.4, -0.2) is 35.7 Å². The first kappa shape index (κ1) is 24.5. The second kappa shape index (κ2) is 19.3. The summed E-state index contributed by atoms with van der Waals surface area (Å²) in [5, 5.41) is 7.72. The highest BCUT2D eigenvalue weighted by atomic mass is 16.5. The minimum absolute atomic E-state index is 0.0255. The van der Waals surface area contributed by atoms with Crippen molar-refractivity contribution >= 4 is 24.0 Å². The monoisotopic (exact) mass is 344 g/mol. The highest BCUT2D eigenvalue weighted by Gasteiger charge is 2.06. The number of esters is 1. The van der Waals surface area contributed by atoms with E-state index in [0.29, 0.717) is 25.2 Å². The van der Waals surface area contributed by atoms with Crippen LogP contribution in [0.25, 0.3) is 0 Å². The Morgan fingerprint density at radius 1 is 1.00 bits per heavy atom. The third kappa shape index (κ3) is 22.6. The lowest BCUT2D eigenvalue weighted by Gasteiger charge is -2.05. The summed E-state index contributed by atoms with van der Waals surface area (Å²) < 4.78 is 4.76. The zero-order valence-electron chi connectivity index (χ0n) is 15.1. The molecular formula is C18H32O6. The third-order valence-corrected chi connectivity index (χ3v) is 3.17. The van der Waals surface area contributed by atoms with Gasteiger partial charge in [-0.1, -0.05) is 20.3 Å². The van der Waals surface area contributed by atoms with E-state index in [2.05, 4.69) is 0 Å². The molecule has 140 valence electrons. The number of rotatable bonds is 2. The highest BCUT2D eigenvalue weighted by Crippen LogP contribution is 2.12. The number of cyclic esters (lactones) is 1. The van der Waals surface area contributed by atoms with E-state index in [1.54, 1.807) is 6.92 Å². The molecule has 1 saturated heterocycles. The minimum Gasteiger partial charge on any atom is -0.481 e. The molecule has 0 spiro atoms. The van der Waals surface area contributed by atoms with Gasteiger partial charge in [-0.25, -0.2) is 0 Å². The van der Waals surface area contributed by atoms with E-state index in [9.17, 15) is 19.2 Å². The molecule has 0 aromatic heterocycles. The second-order valence-electron chi connectivity index (χ2n) is 5.45. The van der Waals surface area contributed by atoms with Crippen molar-refractivity contribution < 1.29 is 29.0 Å². The average Bonchev–Trinajstić information content (AvgIpc) is 2.84. The first-order valence-corrected chi connectivity index (χ1v) is 8.80. The van der Waals surface area contributed by atoms with Gasteiger partial charge in [0.2, 0.25) is 0 Å². The summed E-state index contributed by atoms with van der Waals surface area (Å²) in [6.07, 6.45) is 10.8. The van der Waals surface area contributed by atoms with E-state index < -0.39 is 5.97 Å². The van der Waals surface area contributed by atoms with Crippen LogP contribution in [0.3, 0.4) is 0 Å². The van der Waals surface area contributed by atoms with E-state index in [0.717, 1.165) is 51.2 Å². The van der Waals surface area contributed by atoms with Gasteiger partial charge in [0.25, 0.3) is 0 Å². The van der Waals surface area contributed by atoms with Crippen LogP contribution in [0.5, 0.6) is 0 Å². The number of carbonyl (C=O) groups excluding carboxylic acids is 3. The van der Waals surface area contributed by atoms with Gasteiger partial charge in [0.05, 0.1) is 6.61 Å². The van der Waals surface area contributed by atoms with Gasteiger partial charge in [-0.05, 0) is 32.1 Å². The number of carboxylic acids is 1. The van der Waals surface area contributed by atoms with Crippen LogP contribution in [0.15, 0.2) is 0 Å².